The van der Waals surface area contributed by atoms with E-state index in [0.717, 1.165) is 16.9 Å². The maximum Gasteiger partial charge on any atom is 0.139 e. The SMILES string of the molecule is Cc1cc(C)c(C)c(-c2nc3ccc(Cl)cn3c2N)c1C. The molecule has 0 bridgehead atoms. The zero-order valence-electron chi connectivity index (χ0n) is 12.7. The Morgan fingerprint density at radius 1 is 1.05 bits per heavy atom. The number of hydrogen-bond acceptors (Lipinski definition) is 2. The van der Waals surface area contributed by atoms with Crippen LogP contribution in [0.3, 0.4) is 0 Å². The normalized spacial score (nSPS) is 11.3. The average Bonchev–Trinajstić information content (AvgIpc) is 2.75. The van der Waals surface area contributed by atoms with Crippen LogP contribution >= 0.6 is 11.6 Å². The third-order valence-corrected chi connectivity index (χ3v) is 4.45. The number of nitrogen functional groups attached to an aromatic ring is 1. The van der Waals surface area contributed by atoms with Crippen molar-refractivity contribution < 1.29 is 0 Å². The number of aryl methyl sites for hydroxylation is 2. The first-order chi connectivity index (χ1) is 9.90. The number of nitrogens with two attached hydrogens (primary N) is 1. The van der Waals surface area contributed by atoms with E-state index < -0.39 is 0 Å². The van der Waals surface area contributed by atoms with Crippen LogP contribution in [0.2, 0.25) is 5.02 Å². The van der Waals surface area contributed by atoms with E-state index in [-0.39, 0.29) is 0 Å². The quantitative estimate of drug-likeness (QED) is 0.720. The van der Waals surface area contributed by atoms with Gasteiger partial charge in [0, 0.05) is 11.8 Å². The van der Waals surface area contributed by atoms with Crippen molar-refractivity contribution in [1.29, 1.82) is 0 Å². The van der Waals surface area contributed by atoms with Crippen LogP contribution in [0.5, 0.6) is 0 Å². The fraction of sp³-hybridized carbons (Fsp3) is 0.235. The summed E-state index contributed by atoms with van der Waals surface area (Å²) in [5.74, 6) is 0.628. The van der Waals surface area contributed by atoms with Gasteiger partial charge in [-0.3, -0.25) is 4.40 Å². The molecule has 2 aromatic heterocycles. The van der Waals surface area contributed by atoms with Gasteiger partial charge in [-0.15, -0.1) is 0 Å². The molecule has 0 amide bonds. The zero-order valence-corrected chi connectivity index (χ0v) is 13.4. The van der Waals surface area contributed by atoms with Crippen LogP contribution in [0.4, 0.5) is 5.82 Å². The summed E-state index contributed by atoms with van der Waals surface area (Å²) in [6.45, 7) is 8.48. The molecule has 0 radical (unpaired) electrons. The van der Waals surface area contributed by atoms with Gasteiger partial charge >= 0.3 is 0 Å². The number of hydrogen-bond donors (Lipinski definition) is 1. The van der Waals surface area contributed by atoms with Crippen molar-refractivity contribution in [1.82, 2.24) is 9.38 Å². The predicted molar refractivity (Wildman–Crippen MR) is 89.0 cm³/mol. The summed E-state index contributed by atoms with van der Waals surface area (Å²) in [7, 11) is 0. The lowest BCUT2D eigenvalue weighted by Crippen LogP contribution is -1.99. The Labute approximate surface area is 129 Å². The summed E-state index contributed by atoms with van der Waals surface area (Å²) >= 11 is 6.05. The summed E-state index contributed by atoms with van der Waals surface area (Å²) in [5, 5.41) is 0.645. The first-order valence-electron chi connectivity index (χ1n) is 6.91. The zero-order chi connectivity index (χ0) is 15.3. The highest BCUT2D eigenvalue weighted by molar-refractivity contribution is 6.30. The first-order valence-corrected chi connectivity index (χ1v) is 7.28. The van der Waals surface area contributed by atoms with Crippen LogP contribution in [-0.4, -0.2) is 9.38 Å². The monoisotopic (exact) mass is 299 g/mol. The predicted octanol–water partition coefficient (Wildman–Crippen LogP) is 4.47. The molecule has 0 aliphatic heterocycles. The number of benzene rings is 1. The van der Waals surface area contributed by atoms with E-state index in [4.69, 9.17) is 22.3 Å². The molecule has 3 nitrogen and oxygen atoms in total. The molecule has 3 aromatic rings. The van der Waals surface area contributed by atoms with Crippen LogP contribution in [0, 0.1) is 27.7 Å². The molecule has 0 spiro atoms. The van der Waals surface area contributed by atoms with E-state index in [0.29, 0.717) is 10.8 Å². The van der Waals surface area contributed by atoms with Gasteiger partial charge in [0.15, 0.2) is 0 Å². The highest BCUT2D eigenvalue weighted by atomic mass is 35.5. The summed E-state index contributed by atoms with van der Waals surface area (Å²) < 4.78 is 1.84. The number of pyridine rings is 1. The fourth-order valence-electron chi connectivity index (χ4n) is 2.79. The Hall–Kier alpha value is -2.00. The third-order valence-electron chi connectivity index (χ3n) is 4.22. The Morgan fingerprint density at radius 3 is 2.29 bits per heavy atom. The summed E-state index contributed by atoms with van der Waals surface area (Å²) in [6.07, 6.45) is 1.80. The number of imidazole rings is 1. The molecule has 0 aliphatic rings. The Morgan fingerprint density at radius 2 is 1.67 bits per heavy atom. The smallest absolute Gasteiger partial charge is 0.139 e. The minimum absolute atomic E-state index is 0.628. The molecule has 0 saturated heterocycles. The molecular formula is C17H18ClN3. The number of nitrogens with zero attached hydrogens (tertiary/aromatic N) is 2. The molecule has 1 aromatic carbocycles. The van der Waals surface area contributed by atoms with Crippen molar-refractivity contribution in [3.8, 4) is 11.3 Å². The molecule has 21 heavy (non-hydrogen) atoms. The van der Waals surface area contributed by atoms with E-state index in [1.807, 2.05) is 16.5 Å². The van der Waals surface area contributed by atoms with Crippen LogP contribution in [0.25, 0.3) is 16.9 Å². The van der Waals surface area contributed by atoms with Gasteiger partial charge in [0.05, 0.1) is 5.02 Å². The van der Waals surface area contributed by atoms with Crippen molar-refractivity contribution in [2.45, 2.75) is 27.7 Å². The van der Waals surface area contributed by atoms with Gasteiger partial charge in [0.1, 0.15) is 17.2 Å². The maximum atomic E-state index is 6.32. The standard InChI is InChI=1S/C17H18ClN3/c1-9-7-10(2)12(4)15(11(9)3)16-17(19)21-8-13(18)5-6-14(21)20-16/h5-8H,19H2,1-4H3. The molecule has 4 heteroatoms. The topological polar surface area (TPSA) is 43.3 Å². The largest absolute Gasteiger partial charge is 0.383 e. The van der Waals surface area contributed by atoms with Crippen molar-refractivity contribution in [2.75, 3.05) is 5.73 Å². The van der Waals surface area contributed by atoms with Crippen LogP contribution in [0.1, 0.15) is 22.3 Å². The van der Waals surface area contributed by atoms with Gasteiger partial charge < -0.3 is 5.73 Å². The molecule has 0 atom stereocenters. The van der Waals surface area contributed by atoms with Crippen LogP contribution < -0.4 is 5.73 Å². The average molecular weight is 300 g/mol. The molecule has 0 saturated carbocycles. The summed E-state index contributed by atoms with van der Waals surface area (Å²) in [6, 6.07) is 5.92. The van der Waals surface area contributed by atoms with Gasteiger partial charge in [-0.25, -0.2) is 4.98 Å². The van der Waals surface area contributed by atoms with Crippen molar-refractivity contribution >= 4 is 23.1 Å². The lowest BCUT2D eigenvalue weighted by atomic mass is 9.92. The van der Waals surface area contributed by atoms with Crippen LogP contribution in [-0.2, 0) is 0 Å². The van der Waals surface area contributed by atoms with Gasteiger partial charge in [-0.05, 0) is 62.1 Å². The summed E-state index contributed by atoms with van der Waals surface area (Å²) in [4.78, 5) is 4.71. The van der Waals surface area contributed by atoms with E-state index in [1.54, 1.807) is 6.20 Å². The number of aromatic nitrogens is 2. The molecule has 0 unspecified atom stereocenters. The van der Waals surface area contributed by atoms with Crippen molar-refractivity contribution in [2.24, 2.45) is 0 Å². The molecule has 0 fully saturated rings. The molecular weight excluding hydrogens is 282 g/mol. The highest BCUT2D eigenvalue weighted by Gasteiger charge is 2.17. The Balaban J connectivity index is 2.39. The van der Waals surface area contributed by atoms with E-state index in [1.165, 1.54) is 22.3 Å². The first kappa shape index (κ1) is 14.0. The number of fused-ring (bicyclic) bond motifs is 1. The number of anilines is 1. The minimum Gasteiger partial charge on any atom is -0.383 e. The number of rotatable bonds is 1. The van der Waals surface area contributed by atoms with Gasteiger partial charge in [0.25, 0.3) is 0 Å². The maximum absolute atomic E-state index is 6.32. The number of halogens is 1. The summed E-state index contributed by atoms with van der Waals surface area (Å²) in [5.41, 5.74) is 14.0. The van der Waals surface area contributed by atoms with E-state index in [2.05, 4.69) is 33.8 Å². The van der Waals surface area contributed by atoms with E-state index in [9.17, 15) is 0 Å². The second-order valence-electron chi connectivity index (χ2n) is 5.56. The van der Waals surface area contributed by atoms with Crippen LogP contribution in [0.15, 0.2) is 24.4 Å². The Bertz CT molecular complexity index is 836. The fourth-order valence-corrected chi connectivity index (χ4v) is 2.95. The van der Waals surface area contributed by atoms with Crippen molar-refractivity contribution in [3.63, 3.8) is 0 Å². The van der Waals surface area contributed by atoms with E-state index >= 15 is 0 Å². The minimum atomic E-state index is 0.628. The Kier molecular flexibility index (Phi) is 3.18. The third kappa shape index (κ3) is 2.09. The lowest BCUT2D eigenvalue weighted by molar-refractivity contribution is 1.20. The van der Waals surface area contributed by atoms with Gasteiger partial charge in [-0.1, -0.05) is 17.7 Å². The van der Waals surface area contributed by atoms with Gasteiger partial charge in [-0.2, -0.15) is 0 Å². The molecule has 0 aliphatic carbocycles. The van der Waals surface area contributed by atoms with Gasteiger partial charge in [0.2, 0.25) is 0 Å². The second kappa shape index (κ2) is 4.78. The lowest BCUT2D eigenvalue weighted by Gasteiger charge is -2.14. The molecule has 2 heterocycles. The van der Waals surface area contributed by atoms with Crippen molar-refractivity contribution in [3.05, 3.63) is 51.7 Å². The highest BCUT2D eigenvalue weighted by Crippen LogP contribution is 2.35. The molecule has 2 N–H and O–H groups in total. The molecule has 108 valence electrons. The second-order valence-corrected chi connectivity index (χ2v) is 5.99. The molecule has 3 rings (SSSR count).